The van der Waals surface area contributed by atoms with E-state index in [0.29, 0.717) is 18.2 Å². The van der Waals surface area contributed by atoms with E-state index in [-0.39, 0.29) is 11.5 Å². The van der Waals surface area contributed by atoms with Crippen LogP contribution in [0.2, 0.25) is 0 Å². The molecule has 1 aromatic carbocycles. The van der Waals surface area contributed by atoms with Crippen LogP contribution in [0.3, 0.4) is 0 Å². The lowest BCUT2D eigenvalue weighted by Gasteiger charge is -2.52. The van der Waals surface area contributed by atoms with Gasteiger partial charge in [0.25, 0.3) is 0 Å². The average Bonchev–Trinajstić information content (AvgIpc) is 2.31. The first kappa shape index (κ1) is 14.4. The largest absolute Gasteiger partial charge is 0.378 e. The molecule has 1 aromatic rings. The van der Waals surface area contributed by atoms with Crippen molar-refractivity contribution in [3.8, 4) is 0 Å². The molecule has 1 aliphatic rings. The third-order valence-electron chi connectivity index (χ3n) is 4.02. The highest BCUT2D eigenvalue weighted by Gasteiger charge is 2.48. The molecule has 0 aromatic heterocycles. The molecule has 106 valence electrons. The van der Waals surface area contributed by atoms with Crippen LogP contribution < -0.4 is 5.32 Å². The minimum Gasteiger partial charge on any atom is -0.378 e. The average molecular weight is 269 g/mol. The maximum atomic E-state index is 13.1. The Bertz CT molecular complexity index is 428. The fraction of sp³-hybridized carbons (Fsp3) is 0.600. The van der Waals surface area contributed by atoms with Crippen molar-refractivity contribution < 1.29 is 13.5 Å². The maximum absolute atomic E-state index is 13.1. The Morgan fingerprint density at radius 3 is 2.42 bits per heavy atom. The van der Waals surface area contributed by atoms with Gasteiger partial charge in [-0.05, 0) is 31.0 Å². The Labute approximate surface area is 113 Å². The second-order valence-corrected chi connectivity index (χ2v) is 5.71. The van der Waals surface area contributed by atoms with Crippen molar-refractivity contribution in [2.75, 3.05) is 6.61 Å². The van der Waals surface area contributed by atoms with E-state index in [2.05, 4.69) is 19.2 Å². The van der Waals surface area contributed by atoms with E-state index in [1.54, 1.807) is 0 Å². The molecule has 2 atom stereocenters. The summed E-state index contributed by atoms with van der Waals surface area (Å²) in [6.45, 7) is 7.49. The predicted molar refractivity (Wildman–Crippen MR) is 70.8 cm³/mol. The molecular formula is C15H21F2NO. The molecule has 1 aliphatic carbocycles. The van der Waals surface area contributed by atoms with Gasteiger partial charge in [-0.15, -0.1) is 0 Å². The summed E-state index contributed by atoms with van der Waals surface area (Å²) in [5.41, 5.74) is 0.690. The van der Waals surface area contributed by atoms with Crippen LogP contribution in [0.15, 0.2) is 18.2 Å². The Balaban J connectivity index is 1.90. The van der Waals surface area contributed by atoms with Gasteiger partial charge in [-0.1, -0.05) is 13.8 Å². The standard InChI is InChI=1S/C15H21F2NO/c1-4-19-14-8-13(15(14,2)3)18-9-10-5-11(16)7-12(17)6-10/h5-7,13-14,18H,4,8-9H2,1-3H3. The first-order valence-corrected chi connectivity index (χ1v) is 6.73. The Morgan fingerprint density at radius 2 is 1.89 bits per heavy atom. The summed E-state index contributed by atoms with van der Waals surface area (Å²) in [4.78, 5) is 0. The van der Waals surface area contributed by atoms with E-state index in [1.807, 2.05) is 6.92 Å². The molecule has 1 N–H and O–H groups in total. The maximum Gasteiger partial charge on any atom is 0.126 e. The van der Waals surface area contributed by atoms with E-state index in [0.717, 1.165) is 19.1 Å². The van der Waals surface area contributed by atoms with Gasteiger partial charge in [0.05, 0.1) is 6.10 Å². The molecule has 0 aliphatic heterocycles. The van der Waals surface area contributed by atoms with Gasteiger partial charge in [0.2, 0.25) is 0 Å². The second-order valence-electron chi connectivity index (χ2n) is 5.71. The number of hydrogen-bond donors (Lipinski definition) is 1. The van der Waals surface area contributed by atoms with Crippen LogP contribution in [-0.4, -0.2) is 18.8 Å². The van der Waals surface area contributed by atoms with Gasteiger partial charge in [-0.2, -0.15) is 0 Å². The summed E-state index contributed by atoms with van der Waals surface area (Å²) in [7, 11) is 0. The monoisotopic (exact) mass is 269 g/mol. The number of halogens is 2. The fourth-order valence-electron chi connectivity index (χ4n) is 2.67. The molecule has 0 radical (unpaired) electrons. The van der Waals surface area contributed by atoms with Gasteiger partial charge in [0.15, 0.2) is 0 Å². The zero-order valence-electron chi connectivity index (χ0n) is 11.7. The minimum atomic E-state index is -0.531. The third-order valence-corrected chi connectivity index (χ3v) is 4.02. The van der Waals surface area contributed by atoms with E-state index in [9.17, 15) is 8.78 Å². The summed E-state index contributed by atoms with van der Waals surface area (Å²) in [5.74, 6) is -1.06. The Kier molecular flexibility index (Phi) is 4.21. The van der Waals surface area contributed by atoms with E-state index < -0.39 is 11.6 Å². The molecule has 19 heavy (non-hydrogen) atoms. The molecule has 2 nitrogen and oxygen atoms in total. The van der Waals surface area contributed by atoms with Crippen LogP contribution in [0.25, 0.3) is 0 Å². The van der Waals surface area contributed by atoms with Crippen molar-refractivity contribution in [3.05, 3.63) is 35.4 Å². The van der Waals surface area contributed by atoms with Crippen molar-refractivity contribution in [3.63, 3.8) is 0 Å². The Morgan fingerprint density at radius 1 is 1.26 bits per heavy atom. The summed E-state index contributed by atoms with van der Waals surface area (Å²) in [6, 6.07) is 3.93. The SMILES string of the molecule is CCOC1CC(NCc2cc(F)cc(F)c2)C1(C)C. The molecule has 0 heterocycles. The molecule has 0 bridgehead atoms. The van der Waals surface area contributed by atoms with Crippen molar-refractivity contribution >= 4 is 0 Å². The van der Waals surface area contributed by atoms with Crippen molar-refractivity contribution in [2.45, 2.75) is 45.9 Å². The van der Waals surface area contributed by atoms with Gasteiger partial charge in [-0.3, -0.25) is 0 Å². The number of benzene rings is 1. The summed E-state index contributed by atoms with van der Waals surface area (Å²) < 4.78 is 31.8. The summed E-state index contributed by atoms with van der Waals surface area (Å²) >= 11 is 0. The first-order chi connectivity index (χ1) is 8.93. The highest BCUT2D eigenvalue weighted by Crippen LogP contribution is 2.42. The highest BCUT2D eigenvalue weighted by atomic mass is 19.1. The van der Waals surface area contributed by atoms with Crippen LogP contribution in [0.4, 0.5) is 8.78 Å². The van der Waals surface area contributed by atoms with Gasteiger partial charge in [-0.25, -0.2) is 8.78 Å². The molecule has 4 heteroatoms. The second kappa shape index (κ2) is 5.55. The molecule has 0 spiro atoms. The molecule has 1 saturated carbocycles. The predicted octanol–water partition coefficient (Wildman–Crippen LogP) is 3.26. The third kappa shape index (κ3) is 3.12. The quantitative estimate of drug-likeness (QED) is 0.886. The lowest BCUT2D eigenvalue weighted by molar-refractivity contribution is -0.114. The Hall–Kier alpha value is -1.00. The number of nitrogens with one attached hydrogen (secondary N) is 1. The van der Waals surface area contributed by atoms with Gasteiger partial charge >= 0.3 is 0 Å². The van der Waals surface area contributed by atoms with Crippen LogP contribution in [-0.2, 0) is 11.3 Å². The van der Waals surface area contributed by atoms with Crippen molar-refractivity contribution in [2.24, 2.45) is 5.41 Å². The normalized spacial score (nSPS) is 25.1. The summed E-state index contributed by atoms with van der Waals surface area (Å²) in [5, 5.41) is 3.36. The summed E-state index contributed by atoms with van der Waals surface area (Å²) in [6.07, 6.45) is 1.21. The zero-order valence-corrected chi connectivity index (χ0v) is 11.7. The van der Waals surface area contributed by atoms with Crippen LogP contribution >= 0.6 is 0 Å². The van der Waals surface area contributed by atoms with Gasteiger partial charge in [0.1, 0.15) is 11.6 Å². The van der Waals surface area contributed by atoms with Crippen LogP contribution in [0, 0.1) is 17.0 Å². The van der Waals surface area contributed by atoms with Gasteiger partial charge < -0.3 is 10.1 Å². The first-order valence-electron chi connectivity index (χ1n) is 6.73. The van der Waals surface area contributed by atoms with Crippen LogP contribution in [0.1, 0.15) is 32.8 Å². The fourth-order valence-corrected chi connectivity index (χ4v) is 2.67. The van der Waals surface area contributed by atoms with E-state index in [1.165, 1.54) is 12.1 Å². The molecule has 1 fully saturated rings. The van der Waals surface area contributed by atoms with E-state index in [4.69, 9.17) is 4.74 Å². The van der Waals surface area contributed by atoms with Crippen LogP contribution in [0.5, 0.6) is 0 Å². The molecular weight excluding hydrogens is 248 g/mol. The molecule has 0 saturated heterocycles. The molecule has 0 amide bonds. The van der Waals surface area contributed by atoms with E-state index >= 15 is 0 Å². The lowest BCUT2D eigenvalue weighted by Crippen LogP contribution is -2.60. The molecule has 2 rings (SSSR count). The number of rotatable bonds is 5. The smallest absolute Gasteiger partial charge is 0.126 e. The van der Waals surface area contributed by atoms with Gasteiger partial charge in [0, 0.05) is 30.7 Å². The number of hydrogen-bond acceptors (Lipinski definition) is 2. The topological polar surface area (TPSA) is 21.3 Å². The molecule has 2 unspecified atom stereocenters. The highest BCUT2D eigenvalue weighted by molar-refractivity contribution is 5.18. The van der Waals surface area contributed by atoms with Crippen molar-refractivity contribution in [1.82, 2.24) is 5.32 Å². The minimum absolute atomic E-state index is 0.0574. The lowest BCUT2D eigenvalue weighted by atomic mass is 9.64. The zero-order chi connectivity index (χ0) is 14.0. The van der Waals surface area contributed by atoms with Crippen molar-refractivity contribution in [1.29, 1.82) is 0 Å². The number of ether oxygens (including phenoxy) is 1.